The van der Waals surface area contributed by atoms with E-state index in [1.54, 1.807) is 12.1 Å². The summed E-state index contributed by atoms with van der Waals surface area (Å²) in [5, 5.41) is 0.378. The number of nitrogens with zero attached hydrogens (tertiary/aromatic N) is 1. The Hall–Kier alpha value is -1.98. The van der Waals surface area contributed by atoms with Gasteiger partial charge in [-0.1, -0.05) is 11.6 Å². The van der Waals surface area contributed by atoms with E-state index in [1.165, 1.54) is 23.5 Å². The number of hydrogen-bond acceptors (Lipinski definition) is 3. The first-order valence-corrected chi connectivity index (χ1v) is 8.19. The van der Waals surface area contributed by atoms with Gasteiger partial charge in [0.1, 0.15) is 28.2 Å². The van der Waals surface area contributed by atoms with Gasteiger partial charge in [0.05, 0.1) is 11.5 Å². The van der Waals surface area contributed by atoms with Gasteiger partial charge < -0.3 is 4.74 Å². The number of hydrogen-bond donors (Lipinski definition) is 0. The molecule has 0 aliphatic carbocycles. The monoisotopic (exact) mass is 349 g/mol. The highest BCUT2D eigenvalue weighted by atomic mass is 35.5. The number of aromatic nitrogens is 1. The summed E-state index contributed by atoms with van der Waals surface area (Å²) in [5.74, 6) is -0.491. The van der Waals surface area contributed by atoms with Crippen LogP contribution in [0.15, 0.2) is 36.4 Å². The molecule has 0 spiro atoms. The summed E-state index contributed by atoms with van der Waals surface area (Å²) < 4.78 is 32.8. The van der Waals surface area contributed by atoms with E-state index in [-0.39, 0.29) is 0 Å². The van der Waals surface area contributed by atoms with Crippen LogP contribution < -0.4 is 4.74 Å². The minimum atomic E-state index is -0.587. The average Bonchev–Trinajstić information content (AvgIpc) is 2.85. The molecule has 0 radical (unpaired) electrons. The maximum atomic E-state index is 14.0. The molecule has 3 aromatic rings. The second kappa shape index (κ2) is 5.58. The number of ether oxygens (including phenoxy) is 1. The van der Waals surface area contributed by atoms with Gasteiger partial charge in [0, 0.05) is 22.9 Å². The van der Waals surface area contributed by atoms with E-state index in [0.717, 1.165) is 21.4 Å². The number of fused-ring (bicyclic) bond motifs is 3. The van der Waals surface area contributed by atoms with Crippen LogP contribution in [-0.4, -0.2) is 11.6 Å². The summed E-state index contributed by atoms with van der Waals surface area (Å²) in [7, 11) is 0. The van der Waals surface area contributed by atoms with E-state index < -0.39 is 11.6 Å². The van der Waals surface area contributed by atoms with Crippen molar-refractivity contribution in [3.8, 4) is 26.8 Å². The SMILES string of the molecule is Fc1ccc(-c2cc3c(s2)-c2nc(Cl)ccc2OCC3)c(F)c1. The van der Waals surface area contributed by atoms with E-state index in [2.05, 4.69) is 4.98 Å². The van der Waals surface area contributed by atoms with Crippen LogP contribution in [0.4, 0.5) is 8.78 Å². The second-order valence-electron chi connectivity index (χ2n) is 5.17. The van der Waals surface area contributed by atoms with E-state index in [9.17, 15) is 8.78 Å². The number of halogens is 3. The fourth-order valence-electron chi connectivity index (χ4n) is 2.61. The van der Waals surface area contributed by atoms with Crippen molar-refractivity contribution in [3.05, 3.63) is 58.7 Å². The van der Waals surface area contributed by atoms with Crippen molar-refractivity contribution in [2.75, 3.05) is 6.61 Å². The lowest BCUT2D eigenvalue weighted by Gasteiger charge is -2.06. The van der Waals surface area contributed by atoms with Crippen LogP contribution in [-0.2, 0) is 6.42 Å². The molecule has 3 heterocycles. The van der Waals surface area contributed by atoms with Crippen molar-refractivity contribution in [1.29, 1.82) is 0 Å². The third-order valence-corrected chi connectivity index (χ3v) is 5.10. The molecule has 0 atom stereocenters. The van der Waals surface area contributed by atoms with Gasteiger partial charge in [-0.25, -0.2) is 13.8 Å². The van der Waals surface area contributed by atoms with Crippen LogP contribution in [0.5, 0.6) is 5.75 Å². The van der Waals surface area contributed by atoms with Crippen LogP contribution in [0.1, 0.15) is 5.56 Å². The van der Waals surface area contributed by atoms with Crippen molar-refractivity contribution in [1.82, 2.24) is 4.98 Å². The molecule has 1 aromatic carbocycles. The van der Waals surface area contributed by atoms with Crippen LogP contribution in [0.3, 0.4) is 0 Å². The Balaban J connectivity index is 1.89. The predicted octanol–water partition coefficient (Wildman–Crippen LogP) is 5.34. The van der Waals surface area contributed by atoms with E-state index >= 15 is 0 Å². The van der Waals surface area contributed by atoms with Gasteiger partial charge in [-0.15, -0.1) is 11.3 Å². The zero-order valence-corrected chi connectivity index (χ0v) is 13.3. The summed E-state index contributed by atoms with van der Waals surface area (Å²) in [6, 6.07) is 9.00. The van der Waals surface area contributed by atoms with Gasteiger partial charge in [-0.3, -0.25) is 0 Å². The summed E-state index contributed by atoms with van der Waals surface area (Å²) in [5.41, 5.74) is 2.08. The molecule has 0 amide bonds. The minimum Gasteiger partial charge on any atom is -0.491 e. The lowest BCUT2D eigenvalue weighted by atomic mass is 10.1. The van der Waals surface area contributed by atoms with Gasteiger partial charge >= 0.3 is 0 Å². The summed E-state index contributed by atoms with van der Waals surface area (Å²) >= 11 is 7.41. The van der Waals surface area contributed by atoms with Crippen molar-refractivity contribution >= 4 is 22.9 Å². The molecule has 0 saturated heterocycles. The normalized spacial score (nSPS) is 13.0. The number of benzene rings is 1. The Morgan fingerprint density at radius 2 is 2.00 bits per heavy atom. The van der Waals surface area contributed by atoms with Crippen LogP contribution in [0.2, 0.25) is 5.15 Å². The molecule has 0 saturated carbocycles. The molecular weight excluding hydrogens is 340 g/mol. The molecule has 1 aliphatic rings. The molecule has 2 aromatic heterocycles. The van der Waals surface area contributed by atoms with Gasteiger partial charge in [0.25, 0.3) is 0 Å². The topological polar surface area (TPSA) is 22.1 Å². The quantitative estimate of drug-likeness (QED) is 0.553. The van der Waals surface area contributed by atoms with Gasteiger partial charge in [0.15, 0.2) is 0 Å². The smallest absolute Gasteiger partial charge is 0.146 e. The summed E-state index contributed by atoms with van der Waals surface area (Å²) in [6.07, 6.45) is 0.697. The van der Waals surface area contributed by atoms with Crippen molar-refractivity contribution in [3.63, 3.8) is 0 Å². The first kappa shape index (κ1) is 14.6. The highest BCUT2D eigenvalue weighted by Crippen LogP contribution is 2.43. The molecule has 1 aliphatic heterocycles. The highest BCUT2D eigenvalue weighted by molar-refractivity contribution is 7.19. The Kier molecular flexibility index (Phi) is 3.54. The molecule has 116 valence electrons. The van der Waals surface area contributed by atoms with E-state index in [0.29, 0.717) is 35.2 Å². The van der Waals surface area contributed by atoms with Crippen molar-refractivity contribution in [2.45, 2.75) is 6.42 Å². The van der Waals surface area contributed by atoms with E-state index in [4.69, 9.17) is 16.3 Å². The van der Waals surface area contributed by atoms with Crippen LogP contribution >= 0.6 is 22.9 Å². The molecule has 0 unspecified atom stereocenters. The van der Waals surface area contributed by atoms with Crippen molar-refractivity contribution in [2.24, 2.45) is 0 Å². The standard InChI is InChI=1S/C17H10ClF2NOS/c18-15-4-3-13-16(21-15)17-9(5-6-22-13)7-14(23-17)11-2-1-10(19)8-12(11)20/h1-4,7-8H,5-6H2. The van der Waals surface area contributed by atoms with Crippen LogP contribution in [0, 0.1) is 11.6 Å². The highest BCUT2D eigenvalue weighted by Gasteiger charge is 2.22. The zero-order valence-electron chi connectivity index (χ0n) is 11.8. The Bertz CT molecular complexity index is 910. The number of thiophene rings is 1. The Labute approximate surface area is 140 Å². The molecular formula is C17H10ClF2NOS. The first-order chi connectivity index (χ1) is 11.1. The first-order valence-electron chi connectivity index (χ1n) is 6.99. The van der Waals surface area contributed by atoms with Gasteiger partial charge in [0.2, 0.25) is 0 Å². The van der Waals surface area contributed by atoms with Crippen molar-refractivity contribution < 1.29 is 13.5 Å². The lowest BCUT2D eigenvalue weighted by molar-refractivity contribution is 0.325. The maximum absolute atomic E-state index is 14.0. The maximum Gasteiger partial charge on any atom is 0.146 e. The van der Waals surface area contributed by atoms with E-state index in [1.807, 2.05) is 6.07 Å². The molecule has 23 heavy (non-hydrogen) atoms. The van der Waals surface area contributed by atoms with Gasteiger partial charge in [-0.05, 0) is 35.9 Å². The zero-order chi connectivity index (χ0) is 16.0. The second-order valence-corrected chi connectivity index (χ2v) is 6.61. The fourth-order valence-corrected chi connectivity index (χ4v) is 3.99. The number of rotatable bonds is 1. The predicted molar refractivity (Wildman–Crippen MR) is 87.1 cm³/mol. The molecule has 4 rings (SSSR count). The molecule has 0 fully saturated rings. The average molecular weight is 350 g/mol. The Morgan fingerprint density at radius 1 is 1.13 bits per heavy atom. The molecule has 6 heteroatoms. The van der Waals surface area contributed by atoms with Crippen LogP contribution in [0.25, 0.3) is 21.0 Å². The minimum absolute atomic E-state index is 0.378. The third kappa shape index (κ3) is 2.60. The van der Waals surface area contributed by atoms with Gasteiger partial charge in [-0.2, -0.15) is 0 Å². The molecule has 0 bridgehead atoms. The lowest BCUT2D eigenvalue weighted by Crippen LogP contribution is -1.98. The number of pyridine rings is 1. The largest absolute Gasteiger partial charge is 0.491 e. The summed E-state index contributed by atoms with van der Waals surface area (Å²) in [6.45, 7) is 0.519. The Morgan fingerprint density at radius 3 is 2.83 bits per heavy atom. The fraction of sp³-hybridized carbons (Fsp3) is 0.118. The molecule has 2 nitrogen and oxygen atoms in total. The summed E-state index contributed by atoms with van der Waals surface area (Å²) in [4.78, 5) is 6.01. The third-order valence-electron chi connectivity index (χ3n) is 3.67. The molecule has 0 N–H and O–H groups in total.